The minimum atomic E-state index is -3.53. The van der Waals surface area contributed by atoms with Gasteiger partial charge in [0.2, 0.25) is 0 Å². The molecule has 0 saturated heterocycles. The molecule has 5 nitrogen and oxygen atoms in total. The Balaban J connectivity index is 0.000000569. The smallest absolute Gasteiger partial charge is 0.303 e. The number of carboxylic acids is 1. The summed E-state index contributed by atoms with van der Waals surface area (Å²) in [6, 6.07) is 9.62. The van der Waals surface area contributed by atoms with Crippen LogP contribution in [0.25, 0.3) is 16.7 Å². The third kappa shape index (κ3) is 5.10. The summed E-state index contributed by atoms with van der Waals surface area (Å²) in [7, 11) is 3.04. The molecule has 0 spiro atoms. The van der Waals surface area contributed by atoms with Crippen molar-refractivity contribution in [2.75, 3.05) is 7.05 Å². The Bertz CT molecular complexity index is 1120. The van der Waals surface area contributed by atoms with Crippen LogP contribution >= 0.6 is 9.24 Å². The van der Waals surface area contributed by atoms with Gasteiger partial charge >= 0.3 is 5.97 Å². The van der Waals surface area contributed by atoms with Crippen molar-refractivity contribution in [3.8, 4) is 11.1 Å². The SMILES string of the molecule is C/C=C(\C=NC)c1cc(C(C)=O)c2c(c1)C(O)(C(F)(F)P)c1ccccc1-2.CCCC(=O)O. The number of nitrogens with zero attached hydrogens (tertiary/aromatic N) is 1. The highest BCUT2D eigenvalue weighted by Crippen LogP contribution is 2.57. The van der Waals surface area contributed by atoms with Crippen LogP contribution in [0.3, 0.4) is 0 Å². The standard InChI is InChI=1S/C21H20F2NO2P.C4H8O2/c1-4-13(11-24-3)14-9-16(12(2)25)19-15-7-5-6-8-17(15)20(26,18(19)10-14)21(22,23)27;1-2-3-4(5)6/h4-11,26H,27H2,1-3H3;2-3H2,1H3,(H,5,6)/b13-4+,24-11?;. The van der Waals surface area contributed by atoms with Crippen molar-refractivity contribution >= 4 is 32.8 Å². The molecule has 0 aliphatic heterocycles. The van der Waals surface area contributed by atoms with Gasteiger partial charge in [0.15, 0.2) is 11.4 Å². The molecular formula is C25H28F2NO4P. The molecule has 2 N–H and O–H groups in total. The fourth-order valence-electron chi connectivity index (χ4n) is 3.85. The Hall–Kier alpha value is -2.76. The van der Waals surface area contributed by atoms with Crippen LogP contribution < -0.4 is 0 Å². The van der Waals surface area contributed by atoms with Crippen molar-refractivity contribution in [2.45, 2.75) is 44.9 Å². The summed E-state index contributed by atoms with van der Waals surface area (Å²) in [6.07, 6.45) is 4.39. The van der Waals surface area contributed by atoms with Gasteiger partial charge in [-0.05, 0) is 54.7 Å². The van der Waals surface area contributed by atoms with E-state index < -0.39 is 17.2 Å². The molecule has 2 atom stereocenters. The number of carboxylic acid groups (broad SMARTS) is 1. The van der Waals surface area contributed by atoms with Crippen LogP contribution in [0.4, 0.5) is 8.78 Å². The minimum Gasteiger partial charge on any atom is -0.481 e. The maximum absolute atomic E-state index is 14.7. The van der Waals surface area contributed by atoms with Gasteiger partial charge in [-0.25, -0.2) is 0 Å². The van der Waals surface area contributed by atoms with Gasteiger partial charge < -0.3 is 10.2 Å². The number of aliphatic imine (C=N–C) groups is 1. The van der Waals surface area contributed by atoms with Crippen LogP contribution in [0.5, 0.6) is 0 Å². The first-order valence-corrected chi connectivity index (χ1v) is 11.0. The van der Waals surface area contributed by atoms with E-state index in [1.165, 1.54) is 28.3 Å². The molecule has 33 heavy (non-hydrogen) atoms. The molecular weight excluding hydrogens is 447 g/mol. The van der Waals surface area contributed by atoms with E-state index in [9.17, 15) is 23.5 Å². The first-order valence-electron chi connectivity index (χ1n) is 10.4. The van der Waals surface area contributed by atoms with Gasteiger partial charge in [0, 0.05) is 36.4 Å². The monoisotopic (exact) mass is 475 g/mol. The third-order valence-corrected chi connectivity index (χ3v) is 5.77. The Morgan fingerprint density at radius 2 is 1.85 bits per heavy atom. The van der Waals surface area contributed by atoms with E-state index in [1.54, 1.807) is 50.5 Å². The van der Waals surface area contributed by atoms with Gasteiger partial charge in [0.05, 0.1) is 0 Å². The largest absolute Gasteiger partial charge is 0.481 e. The summed E-state index contributed by atoms with van der Waals surface area (Å²) in [4.78, 5) is 26.0. The van der Waals surface area contributed by atoms with Crippen molar-refractivity contribution in [1.29, 1.82) is 0 Å². The topological polar surface area (TPSA) is 87.0 Å². The van der Waals surface area contributed by atoms with Gasteiger partial charge in [0.25, 0.3) is 5.66 Å². The summed E-state index contributed by atoms with van der Waals surface area (Å²) < 4.78 is 29.3. The Morgan fingerprint density at radius 3 is 2.30 bits per heavy atom. The number of aliphatic hydroxyl groups is 1. The number of Topliss-reactive ketones (excluding diaryl/α,β-unsaturated/α-hetero) is 1. The lowest BCUT2D eigenvalue weighted by Crippen LogP contribution is -2.40. The quantitative estimate of drug-likeness (QED) is 0.326. The number of aliphatic carboxylic acids is 1. The zero-order valence-electron chi connectivity index (χ0n) is 19.0. The van der Waals surface area contributed by atoms with Gasteiger partial charge in [-0.15, -0.1) is 0 Å². The molecule has 0 radical (unpaired) electrons. The second-order valence-electron chi connectivity index (χ2n) is 7.66. The molecule has 1 aliphatic rings. The molecule has 176 valence electrons. The Labute approximate surface area is 194 Å². The fraction of sp³-hybridized carbons (Fsp3) is 0.320. The number of alkyl halides is 2. The number of hydrogen-bond acceptors (Lipinski definition) is 4. The molecule has 1 aliphatic carbocycles. The lowest BCUT2D eigenvalue weighted by Gasteiger charge is -2.32. The number of halogens is 2. The first kappa shape index (κ1) is 26.5. The van der Waals surface area contributed by atoms with E-state index in [2.05, 4.69) is 4.99 Å². The van der Waals surface area contributed by atoms with E-state index >= 15 is 0 Å². The molecule has 0 bridgehead atoms. The number of fused-ring (bicyclic) bond motifs is 3. The highest BCUT2D eigenvalue weighted by atomic mass is 31.0. The molecule has 3 rings (SSSR count). The van der Waals surface area contributed by atoms with E-state index in [4.69, 9.17) is 5.11 Å². The van der Waals surface area contributed by atoms with Gasteiger partial charge in [-0.2, -0.15) is 8.78 Å². The van der Waals surface area contributed by atoms with Crippen LogP contribution in [0, 0.1) is 0 Å². The maximum atomic E-state index is 14.7. The predicted molar refractivity (Wildman–Crippen MR) is 130 cm³/mol. The second-order valence-corrected chi connectivity index (χ2v) is 8.38. The minimum absolute atomic E-state index is 0.0234. The number of rotatable bonds is 6. The van der Waals surface area contributed by atoms with Crippen molar-refractivity contribution in [2.24, 2.45) is 4.99 Å². The number of carbonyl (C=O) groups is 2. The highest BCUT2D eigenvalue weighted by molar-refractivity contribution is 7.18. The van der Waals surface area contributed by atoms with Crippen molar-refractivity contribution in [3.05, 3.63) is 64.7 Å². The zero-order valence-corrected chi connectivity index (χ0v) is 20.2. The van der Waals surface area contributed by atoms with E-state index in [0.717, 1.165) is 6.42 Å². The highest BCUT2D eigenvalue weighted by Gasteiger charge is 2.57. The summed E-state index contributed by atoms with van der Waals surface area (Å²) in [6.45, 7) is 5.03. The summed E-state index contributed by atoms with van der Waals surface area (Å²) in [5.41, 5.74) is -3.65. The molecule has 0 heterocycles. The molecule has 2 unspecified atom stereocenters. The van der Waals surface area contributed by atoms with E-state index in [1.807, 2.05) is 6.92 Å². The molecule has 0 saturated carbocycles. The van der Waals surface area contributed by atoms with Crippen molar-refractivity contribution < 1.29 is 28.6 Å². The van der Waals surface area contributed by atoms with Crippen molar-refractivity contribution in [3.63, 3.8) is 0 Å². The first-order chi connectivity index (χ1) is 15.4. The summed E-state index contributed by atoms with van der Waals surface area (Å²) >= 11 is 0. The van der Waals surface area contributed by atoms with Crippen LogP contribution in [0.2, 0.25) is 0 Å². The fourth-order valence-corrected chi connectivity index (χ4v) is 4.16. The van der Waals surface area contributed by atoms with Crippen LogP contribution in [-0.2, 0) is 10.4 Å². The van der Waals surface area contributed by atoms with Gasteiger partial charge in [0.1, 0.15) is 0 Å². The summed E-state index contributed by atoms with van der Waals surface area (Å²) in [5.74, 6) is -0.972. The average Bonchev–Trinajstić information content (AvgIpc) is 3.01. The molecule has 0 aromatic heterocycles. The normalized spacial score (nSPS) is 17.3. The lowest BCUT2D eigenvalue weighted by molar-refractivity contribution is -0.137. The molecule has 2 aromatic carbocycles. The third-order valence-electron chi connectivity index (χ3n) is 5.35. The Morgan fingerprint density at radius 1 is 1.21 bits per heavy atom. The Kier molecular flexibility index (Phi) is 8.39. The number of hydrogen-bond donors (Lipinski definition) is 2. The van der Waals surface area contributed by atoms with E-state index in [-0.39, 0.29) is 16.9 Å². The second kappa shape index (κ2) is 10.4. The van der Waals surface area contributed by atoms with Crippen LogP contribution in [0.15, 0.2) is 47.5 Å². The molecule has 8 heteroatoms. The number of allylic oxidation sites excluding steroid dienone is 2. The number of benzene rings is 2. The van der Waals surface area contributed by atoms with Gasteiger partial charge in [-0.3, -0.25) is 14.6 Å². The maximum Gasteiger partial charge on any atom is 0.303 e. The van der Waals surface area contributed by atoms with Gasteiger partial charge in [-0.1, -0.05) is 46.5 Å². The summed E-state index contributed by atoms with van der Waals surface area (Å²) in [5, 5.41) is 19.1. The van der Waals surface area contributed by atoms with Crippen LogP contribution in [-0.4, -0.2) is 40.9 Å². The van der Waals surface area contributed by atoms with E-state index in [0.29, 0.717) is 34.2 Å². The molecule has 0 amide bonds. The molecule has 2 aromatic rings. The number of carbonyl (C=O) groups excluding carboxylic acids is 1. The van der Waals surface area contributed by atoms with Crippen LogP contribution in [0.1, 0.15) is 60.7 Å². The average molecular weight is 475 g/mol. The lowest BCUT2D eigenvalue weighted by atomic mass is 9.87. The van der Waals surface area contributed by atoms with Crippen molar-refractivity contribution in [1.82, 2.24) is 0 Å². The predicted octanol–water partition coefficient (Wildman–Crippen LogP) is 5.55. The zero-order chi connectivity index (χ0) is 25.0. The molecule has 0 fully saturated rings. The number of ketones is 1.